The number of halogens is 2. The van der Waals surface area contributed by atoms with Crippen molar-refractivity contribution in [3.63, 3.8) is 0 Å². The number of carbonyl (C=O) groups excluding carboxylic acids is 1. The average Bonchev–Trinajstić information content (AvgIpc) is 2.88. The van der Waals surface area contributed by atoms with Crippen molar-refractivity contribution in [1.82, 2.24) is 0 Å². The summed E-state index contributed by atoms with van der Waals surface area (Å²) in [6, 6.07) is 15.7. The number of phenolic OH excluding ortho intramolecular Hbond substituents is 1. The van der Waals surface area contributed by atoms with Crippen LogP contribution in [0.5, 0.6) is 11.5 Å². The molecule has 0 radical (unpaired) electrons. The Bertz CT molecular complexity index is 1710. The van der Waals surface area contributed by atoms with Crippen LogP contribution < -0.4 is 10.1 Å². The van der Waals surface area contributed by atoms with E-state index in [9.17, 15) is 22.9 Å². The predicted octanol–water partition coefficient (Wildman–Crippen LogP) is 7.34. The number of methoxy groups -OCH3 is 1. The van der Waals surface area contributed by atoms with Crippen molar-refractivity contribution in [1.29, 1.82) is 0 Å². The zero-order valence-electron chi connectivity index (χ0n) is 20.1. The number of carbonyl (C=O) groups is 1. The highest BCUT2D eigenvalue weighted by molar-refractivity contribution is 7.86. The third-order valence-corrected chi connectivity index (χ3v) is 7.36. The molecule has 0 saturated heterocycles. The smallest absolute Gasteiger partial charge is 0.296 e. The van der Waals surface area contributed by atoms with E-state index < -0.39 is 26.7 Å². The summed E-state index contributed by atoms with van der Waals surface area (Å²) >= 11 is 12.6. The third-order valence-electron chi connectivity index (χ3n) is 5.74. The number of hydrogen-bond acceptors (Lipinski definition) is 7. The fourth-order valence-electron chi connectivity index (χ4n) is 3.83. The van der Waals surface area contributed by atoms with Crippen molar-refractivity contribution < 1.29 is 27.6 Å². The van der Waals surface area contributed by atoms with Gasteiger partial charge in [-0.1, -0.05) is 66.5 Å². The number of phenols is 1. The molecule has 0 fully saturated rings. The van der Waals surface area contributed by atoms with Crippen LogP contribution >= 0.6 is 23.2 Å². The minimum atomic E-state index is -4.69. The van der Waals surface area contributed by atoms with Crippen LogP contribution in [0, 0.1) is 0 Å². The van der Waals surface area contributed by atoms with Crippen molar-refractivity contribution in [2.24, 2.45) is 10.2 Å². The molecule has 38 heavy (non-hydrogen) atoms. The Morgan fingerprint density at radius 3 is 2.42 bits per heavy atom. The predicted molar refractivity (Wildman–Crippen MR) is 146 cm³/mol. The first kappa shape index (κ1) is 27.3. The number of rotatable bonds is 7. The second kappa shape index (κ2) is 11.0. The molecule has 0 spiro atoms. The lowest BCUT2D eigenvalue weighted by Crippen LogP contribution is -2.13. The van der Waals surface area contributed by atoms with Gasteiger partial charge in [-0.2, -0.15) is 8.42 Å². The van der Waals surface area contributed by atoms with E-state index in [1.165, 1.54) is 25.3 Å². The lowest BCUT2D eigenvalue weighted by Gasteiger charge is -2.14. The van der Waals surface area contributed by atoms with Gasteiger partial charge in [-0.05, 0) is 41.6 Å². The van der Waals surface area contributed by atoms with Crippen LogP contribution in [-0.4, -0.2) is 31.1 Å². The summed E-state index contributed by atoms with van der Waals surface area (Å²) in [5.41, 5.74) is 0.219. The molecule has 4 aromatic rings. The van der Waals surface area contributed by atoms with Crippen LogP contribution in [0.25, 0.3) is 10.8 Å². The Labute approximate surface area is 228 Å². The fourth-order valence-corrected chi connectivity index (χ4v) is 5.06. The Kier molecular flexibility index (Phi) is 7.89. The van der Waals surface area contributed by atoms with E-state index in [0.717, 1.165) is 0 Å². The zero-order valence-corrected chi connectivity index (χ0v) is 22.4. The Morgan fingerprint density at radius 1 is 1.03 bits per heavy atom. The van der Waals surface area contributed by atoms with E-state index >= 15 is 0 Å². The fraction of sp³-hybridized carbons (Fsp3) is 0.115. The number of azo groups is 1. The van der Waals surface area contributed by atoms with Gasteiger partial charge < -0.3 is 15.2 Å². The number of aryl methyl sites for hydroxylation is 1. The highest BCUT2D eigenvalue weighted by Crippen LogP contribution is 2.42. The summed E-state index contributed by atoms with van der Waals surface area (Å²) in [4.78, 5) is 12.7. The molecule has 1 amide bonds. The number of aromatic hydroxyl groups is 1. The third kappa shape index (κ3) is 5.30. The first-order chi connectivity index (χ1) is 18.1. The Balaban J connectivity index is 1.88. The SMILES string of the molecule is CCc1ccc(S(=O)(=O)O)c(N=Nc2c(O)c(C(=O)Nc3c(Cl)cccc3OC)cc3ccccc23)c1Cl. The molecule has 3 N–H and O–H groups in total. The largest absolute Gasteiger partial charge is 0.505 e. The number of hydrogen-bond donors (Lipinski definition) is 3. The average molecular weight is 574 g/mol. The lowest BCUT2D eigenvalue weighted by molar-refractivity contribution is 0.102. The normalized spacial score (nSPS) is 11.7. The van der Waals surface area contributed by atoms with Crippen LogP contribution in [-0.2, 0) is 16.5 Å². The number of ether oxygens (including phenoxy) is 1. The minimum Gasteiger partial charge on any atom is -0.505 e. The first-order valence-electron chi connectivity index (χ1n) is 11.2. The van der Waals surface area contributed by atoms with Crippen LogP contribution in [0.4, 0.5) is 17.1 Å². The first-order valence-corrected chi connectivity index (χ1v) is 13.4. The summed E-state index contributed by atoms with van der Waals surface area (Å²) in [5, 5.41) is 23.1. The van der Waals surface area contributed by atoms with Crippen molar-refractivity contribution in [2.45, 2.75) is 18.2 Å². The van der Waals surface area contributed by atoms with Crippen molar-refractivity contribution in [2.75, 3.05) is 12.4 Å². The van der Waals surface area contributed by atoms with Gasteiger partial charge in [0.25, 0.3) is 16.0 Å². The van der Waals surface area contributed by atoms with Gasteiger partial charge in [-0.3, -0.25) is 9.35 Å². The zero-order chi connectivity index (χ0) is 27.6. The molecular formula is C26H21Cl2N3O6S. The minimum absolute atomic E-state index is 0.0186. The van der Waals surface area contributed by atoms with Gasteiger partial charge in [-0.25, -0.2) is 0 Å². The second-order valence-electron chi connectivity index (χ2n) is 8.03. The number of anilines is 1. The van der Waals surface area contributed by atoms with E-state index in [1.807, 2.05) is 6.92 Å². The van der Waals surface area contributed by atoms with Crippen molar-refractivity contribution in [3.05, 3.63) is 81.8 Å². The Hall–Kier alpha value is -3.70. The van der Waals surface area contributed by atoms with Gasteiger partial charge in [0, 0.05) is 5.39 Å². The van der Waals surface area contributed by atoms with E-state index in [4.69, 9.17) is 27.9 Å². The molecule has 0 aliphatic heterocycles. The number of benzene rings is 4. The molecular weight excluding hydrogens is 553 g/mol. The quantitative estimate of drug-likeness (QED) is 0.156. The molecule has 0 unspecified atom stereocenters. The van der Waals surface area contributed by atoms with Gasteiger partial charge in [0.15, 0.2) is 5.75 Å². The van der Waals surface area contributed by atoms with Crippen molar-refractivity contribution >= 4 is 67.1 Å². The molecule has 0 aliphatic carbocycles. The molecule has 0 heterocycles. The summed E-state index contributed by atoms with van der Waals surface area (Å²) in [6.07, 6.45) is 0.461. The molecule has 196 valence electrons. The molecule has 4 rings (SSSR count). The highest BCUT2D eigenvalue weighted by Gasteiger charge is 2.23. The van der Waals surface area contributed by atoms with E-state index in [1.54, 1.807) is 42.5 Å². The summed E-state index contributed by atoms with van der Waals surface area (Å²) in [6.45, 7) is 1.81. The van der Waals surface area contributed by atoms with Gasteiger partial charge in [-0.15, -0.1) is 10.2 Å². The van der Waals surface area contributed by atoms with Gasteiger partial charge in [0.1, 0.15) is 27.7 Å². The van der Waals surface area contributed by atoms with Crippen LogP contribution in [0.1, 0.15) is 22.8 Å². The molecule has 12 heteroatoms. The van der Waals surface area contributed by atoms with Crippen LogP contribution in [0.2, 0.25) is 10.0 Å². The molecule has 9 nitrogen and oxygen atoms in total. The summed E-state index contributed by atoms with van der Waals surface area (Å²) in [5.74, 6) is -0.915. The summed E-state index contributed by atoms with van der Waals surface area (Å²) < 4.78 is 38.9. The lowest BCUT2D eigenvalue weighted by atomic mass is 10.0. The van der Waals surface area contributed by atoms with E-state index in [-0.39, 0.29) is 32.7 Å². The maximum Gasteiger partial charge on any atom is 0.296 e. The molecule has 0 bridgehead atoms. The van der Waals surface area contributed by atoms with Crippen LogP contribution in [0.15, 0.2) is 75.8 Å². The Morgan fingerprint density at radius 2 is 1.74 bits per heavy atom. The molecule has 4 aromatic carbocycles. The van der Waals surface area contributed by atoms with Crippen LogP contribution in [0.3, 0.4) is 0 Å². The highest BCUT2D eigenvalue weighted by atomic mass is 35.5. The number of nitrogens with zero attached hydrogens (tertiary/aromatic N) is 2. The number of para-hydroxylation sites is 1. The standard InChI is InChI=1S/C26H21Cl2N3O6S/c1-3-14-11-12-20(38(34,35)36)24(21(14)28)31-30-22-16-8-5-4-7-15(16)13-17(25(22)32)26(33)29-23-18(27)9-6-10-19(23)37-2/h4-13,32H,3H2,1-2H3,(H,29,33)(H,34,35,36). The van der Waals surface area contributed by atoms with Gasteiger partial charge in [0.2, 0.25) is 0 Å². The van der Waals surface area contributed by atoms with Gasteiger partial charge in [0.05, 0.1) is 22.7 Å². The molecule has 0 atom stereocenters. The van der Waals surface area contributed by atoms with Gasteiger partial charge >= 0.3 is 0 Å². The maximum absolute atomic E-state index is 13.3. The molecule has 0 saturated carbocycles. The number of nitrogens with one attached hydrogen (secondary N) is 1. The van der Waals surface area contributed by atoms with E-state index in [2.05, 4.69) is 15.5 Å². The monoisotopic (exact) mass is 573 g/mol. The number of fused-ring (bicyclic) bond motifs is 1. The maximum atomic E-state index is 13.3. The van der Waals surface area contributed by atoms with E-state index in [0.29, 0.717) is 28.5 Å². The molecule has 0 aromatic heterocycles. The van der Waals surface area contributed by atoms with Crippen molar-refractivity contribution in [3.8, 4) is 11.5 Å². The summed E-state index contributed by atoms with van der Waals surface area (Å²) in [7, 11) is -3.27. The second-order valence-corrected chi connectivity index (χ2v) is 10.2. The number of amides is 1. The molecule has 0 aliphatic rings. The topological polar surface area (TPSA) is 138 Å².